The van der Waals surface area contributed by atoms with Gasteiger partial charge < -0.3 is 10.8 Å². The molecule has 0 saturated carbocycles. The fourth-order valence-electron chi connectivity index (χ4n) is 1.61. The maximum atomic E-state index is 13.1. The van der Waals surface area contributed by atoms with Crippen LogP contribution < -0.4 is 5.73 Å². The van der Waals surface area contributed by atoms with E-state index in [1.807, 2.05) is 0 Å². The fourth-order valence-corrected chi connectivity index (χ4v) is 1.61. The lowest BCUT2D eigenvalue weighted by Crippen LogP contribution is -2.06. The molecule has 1 aromatic carbocycles. The lowest BCUT2D eigenvalue weighted by Gasteiger charge is -2.08. The molecule has 4 nitrogen and oxygen atoms in total. The second-order valence-electron chi connectivity index (χ2n) is 3.55. The second kappa shape index (κ2) is 4.40. The Balaban J connectivity index is 2.67. The van der Waals surface area contributed by atoms with Crippen LogP contribution in [0.4, 0.5) is 14.6 Å². The molecule has 92 valence electrons. The van der Waals surface area contributed by atoms with Crippen LogP contribution in [0.2, 0.25) is 0 Å². The van der Waals surface area contributed by atoms with Gasteiger partial charge >= 0.3 is 5.97 Å². The van der Waals surface area contributed by atoms with Crippen molar-refractivity contribution in [3.05, 3.63) is 47.7 Å². The van der Waals surface area contributed by atoms with Crippen molar-refractivity contribution in [1.29, 1.82) is 0 Å². The highest BCUT2D eigenvalue weighted by Gasteiger charge is 2.17. The van der Waals surface area contributed by atoms with Crippen molar-refractivity contribution < 1.29 is 18.7 Å². The first-order chi connectivity index (χ1) is 8.50. The highest BCUT2D eigenvalue weighted by molar-refractivity contribution is 6.00. The molecule has 3 N–H and O–H groups in total. The van der Waals surface area contributed by atoms with E-state index >= 15 is 0 Å². The molecule has 0 amide bonds. The summed E-state index contributed by atoms with van der Waals surface area (Å²) in [5.74, 6) is -3.51. The quantitative estimate of drug-likeness (QED) is 0.857. The van der Waals surface area contributed by atoms with E-state index in [-0.39, 0.29) is 22.5 Å². The summed E-state index contributed by atoms with van der Waals surface area (Å²) < 4.78 is 26.0. The zero-order chi connectivity index (χ0) is 13.3. The van der Waals surface area contributed by atoms with E-state index in [1.54, 1.807) is 0 Å². The Kier molecular flexibility index (Phi) is 2.93. The Hall–Kier alpha value is -2.50. The molecule has 0 saturated heterocycles. The van der Waals surface area contributed by atoms with E-state index < -0.39 is 17.6 Å². The molecule has 2 aromatic rings. The number of carbonyl (C=O) groups is 1. The molecular formula is C12H8F2N2O2. The van der Waals surface area contributed by atoms with Gasteiger partial charge in [-0.05, 0) is 23.8 Å². The molecule has 0 aliphatic carbocycles. The topological polar surface area (TPSA) is 76.2 Å². The smallest absolute Gasteiger partial charge is 0.340 e. The second-order valence-corrected chi connectivity index (χ2v) is 3.55. The zero-order valence-electron chi connectivity index (χ0n) is 9.02. The van der Waals surface area contributed by atoms with Crippen LogP contribution in [-0.2, 0) is 0 Å². The average Bonchev–Trinajstić information content (AvgIpc) is 2.32. The van der Waals surface area contributed by atoms with E-state index in [1.165, 1.54) is 18.3 Å². The monoisotopic (exact) mass is 250 g/mol. The molecule has 0 spiro atoms. The van der Waals surface area contributed by atoms with Crippen molar-refractivity contribution in [3.63, 3.8) is 0 Å². The number of carboxylic acids is 1. The van der Waals surface area contributed by atoms with Crippen molar-refractivity contribution in [3.8, 4) is 11.1 Å². The number of carboxylic acid groups (broad SMARTS) is 1. The van der Waals surface area contributed by atoms with E-state index in [0.717, 1.165) is 12.1 Å². The number of aromatic nitrogens is 1. The molecule has 0 radical (unpaired) electrons. The van der Waals surface area contributed by atoms with Crippen molar-refractivity contribution >= 4 is 11.8 Å². The molecule has 2 rings (SSSR count). The third-order valence-electron chi connectivity index (χ3n) is 2.42. The number of nitrogen functional groups attached to an aromatic ring is 1. The average molecular weight is 250 g/mol. The van der Waals surface area contributed by atoms with Crippen molar-refractivity contribution in [2.24, 2.45) is 0 Å². The van der Waals surface area contributed by atoms with Gasteiger partial charge in [0.1, 0.15) is 11.4 Å². The van der Waals surface area contributed by atoms with Crippen LogP contribution in [0.15, 0.2) is 30.5 Å². The number of aromatic carboxylic acids is 1. The van der Waals surface area contributed by atoms with Crippen LogP contribution in [0.1, 0.15) is 10.4 Å². The highest BCUT2D eigenvalue weighted by Crippen LogP contribution is 2.27. The van der Waals surface area contributed by atoms with Crippen molar-refractivity contribution in [1.82, 2.24) is 4.98 Å². The fraction of sp³-hybridized carbons (Fsp3) is 0. The molecule has 0 bridgehead atoms. The summed E-state index contributed by atoms with van der Waals surface area (Å²) >= 11 is 0. The van der Waals surface area contributed by atoms with Crippen LogP contribution >= 0.6 is 0 Å². The summed E-state index contributed by atoms with van der Waals surface area (Å²) in [6.07, 6.45) is 1.30. The number of halogens is 2. The van der Waals surface area contributed by atoms with Gasteiger partial charge in [0.25, 0.3) is 0 Å². The number of nitrogens with two attached hydrogens (primary N) is 1. The normalized spacial score (nSPS) is 10.3. The first kappa shape index (κ1) is 12.0. The maximum absolute atomic E-state index is 13.1. The molecule has 0 aliphatic heterocycles. The van der Waals surface area contributed by atoms with Crippen molar-refractivity contribution in [2.75, 3.05) is 5.73 Å². The maximum Gasteiger partial charge on any atom is 0.340 e. The Labute approximate surface area is 101 Å². The zero-order valence-corrected chi connectivity index (χ0v) is 9.02. The molecule has 0 atom stereocenters. The summed E-state index contributed by atoms with van der Waals surface area (Å²) in [5, 5.41) is 9.04. The molecule has 18 heavy (non-hydrogen) atoms. The van der Waals surface area contributed by atoms with Gasteiger partial charge in [-0.1, -0.05) is 6.07 Å². The van der Waals surface area contributed by atoms with Crippen LogP contribution in [0, 0.1) is 11.6 Å². The van der Waals surface area contributed by atoms with Crippen molar-refractivity contribution in [2.45, 2.75) is 0 Å². The predicted octanol–water partition coefficient (Wildman–Crippen LogP) is 2.31. The Morgan fingerprint density at radius 1 is 1.22 bits per heavy atom. The highest BCUT2D eigenvalue weighted by atomic mass is 19.2. The SMILES string of the molecule is Nc1nccc(-c2ccc(F)c(F)c2)c1C(=O)O. The summed E-state index contributed by atoms with van der Waals surface area (Å²) in [4.78, 5) is 14.7. The van der Waals surface area contributed by atoms with Gasteiger partial charge in [-0.3, -0.25) is 0 Å². The summed E-state index contributed by atoms with van der Waals surface area (Å²) in [7, 11) is 0. The summed E-state index contributed by atoms with van der Waals surface area (Å²) in [6, 6.07) is 4.50. The number of anilines is 1. The van der Waals surface area contributed by atoms with Gasteiger partial charge in [-0.15, -0.1) is 0 Å². The first-order valence-electron chi connectivity index (χ1n) is 4.94. The lowest BCUT2D eigenvalue weighted by atomic mass is 10.0. The number of pyridine rings is 1. The number of hydrogen-bond donors (Lipinski definition) is 2. The molecule has 1 heterocycles. The summed E-state index contributed by atoms with van der Waals surface area (Å²) in [5.41, 5.74) is 5.65. The third-order valence-corrected chi connectivity index (χ3v) is 2.42. The van der Waals surface area contributed by atoms with Gasteiger partial charge in [0, 0.05) is 11.8 Å². The minimum absolute atomic E-state index is 0.176. The Morgan fingerprint density at radius 3 is 2.56 bits per heavy atom. The molecule has 6 heteroatoms. The van der Waals surface area contributed by atoms with Crippen LogP contribution in [0.25, 0.3) is 11.1 Å². The number of rotatable bonds is 2. The minimum atomic E-state index is -1.28. The van der Waals surface area contributed by atoms with E-state index in [2.05, 4.69) is 4.98 Å². The molecule has 1 aromatic heterocycles. The van der Waals surface area contributed by atoms with Gasteiger partial charge in [0.2, 0.25) is 0 Å². The standard InChI is InChI=1S/C12H8F2N2O2/c13-8-2-1-6(5-9(8)14)7-3-4-16-11(15)10(7)12(17)18/h1-5H,(H2,15,16)(H,17,18). The number of hydrogen-bond acceptors (Lipinski definition) is 3. The van der Waals surface area contributed by atoms with E-state index in [0.29, 0.717) is 0 Å². The van der Waals surface area contributed by atoms with Gasteiger partial charge in [-0.25, -0.2) is 18.6 Å². The molecule has 0 fully saturated rings. The molecule has 0 aliphatic rings. The predicted molar refractivity (Wildman–Crippen MR) is 61.0 cm³/mol. The molecule has 0 unspecified atom stereocenters. The number of nitrogens with zero attached hydrogens (tertiary/aromatic N) is 1. The lowest BCUT2D eigenvalue weighted by molar-refractivity contribution is 0.0698. The Morgan fingerprint density at radius 2 is 1.94 bits per heavy atom. The third kappa shape index (κ3) is 2.00. The largest absolute Gasteiger partial charge is 0.478 e. The van der Waals surface area contributed by atoms with E-state index in [4.69, 9.17) is 10.8 Å². The van der Waals surface area contributed by atoms with Gasteiger partial charge in [-0.2, -0.15) is 0 Å². The number of benzene rings is 1. The van der Waals surface area contributed by atoms with Gasteiger partial charge in [0.05, 0.1) is 0 Å². The van der Waals surface area contributed by atoms with Crippen LogP contribution in [-0.4, -0.2) is 16.1 Å². The van der Waals surface area contributed by atoms with Crippen LogP contribution in [0.3, 0.4) is 0 Å². The molecular weight excluding hydrogens is 242 g/mol. The Bertz CT molecular complexity index is 629. The van der Waals surface area contributed by atoms with Crippen LogP contribution in [0.5, 0.6) is 0 Å². The van der Waals surface area contributed by atoms with Gasteiger partial charge in [0.15, 0.2) is 11.6 Å². The van der Waals surface area contributed by atoms with E-state index in [9.17, 15) is 13.6 Å². The minimum Gasteiger partial charge on any atom is -0.478 e. The summed E-state index contributed by atoms with van der Waals surface area (Å²) in [6.45, 7) is 0. The first-order valence-corrected chi connectivity index (χ1v) is 4.94.